The molecule has 3 atom stereocenters. The molecule has 2 N–H and O–H groups in total. The lowest BCUT2D eigenvalue weighted by Gasteiger charge is -2.28. The zero-order chi connectivity index (χ0) is 7.56. The van der Waals surface area contributed by atoms with Gasteiger partial charge < -0.3 is 10.2 Å². The number of hydrogen-bond donors (Lipinski definition) is 2. The molecule has 0 spiro atoms. The number of halogens is 1. The van der Waals surface area contributed by atoms with Crippen molar-refractivity contribution in [1.82, 2.24) is 0 Å². The van der Waals surface area contributed by atoms with Crippen LogP contribution in [0.5, 0.6) is 0 Å². The fraction of sp³-hybridized carbons (Fsp3) is 1.00. The maximum atomic E-state index is 9.18. The molecule has 0 aromatic heterocycles. The van der Waals surface area contributed by atoms with E-state index in [4.69, 9.17) is 16.7 Å². The van der Waals surface area contributed by atoms with Gasteiger partial charge >= 0.3 is 0 Å². The molecule has 0 aromatic carbocycles. The van der Waals surface area contributed by atoms with Gasteiger partial charge in [-0.1, -0.05) is 0 Å². The summed E-state index contributed by atoms with van der Waals surface area (Å²) in [6, 6.07) is 0. The Morgan fingerprint density at radius 2 is 2.10 bits per heavy atom. The Morgan fingerprint density at radius 1 is 1.40 bits per heavy atom. The van der Waals surface area contributed by atoms with Crippen molar-refractivity contribution in [3.05, 3.63) is 0 Å². The Labute approximate surface area is 65.8 Å². The van der Waals surface area contributed by atoms with Crippen LogP contribution in [-0.4, -0.2) is 28.3 Å². The summed E-state index contributed by atoms with van der Waals surface area (Å²) < 4.78 is 0. The summed E-state index contributed by atoms with van der Waals surface area (Å²) in [6.45, 7) is 0.204. The van der Waals surface area contributed by atoms with Gasteiger partial charge in [0.2, 0.25) is 0 Å². The summed E-state index contributed by atoms with van der Waals surface area (Å²) in [7, 11) is 0. The highest BCUT2D eigenvalue weighted by Crippen LogP contribution is 2.27. The fourth-order valence-electron chi connectivity index (χ4n) is 1.35. The third-order valence-corrected chi connectivity index (χ3v) is 2.57. The van der Waals surface area contributed by atoms with Crippen molar-refractivity contribution in [2.75, 3.05) is 6.61 Å². The summed E-state index contributed by atoms with van der Waals surface area (Å²) in [6.07, 6.45) is 2.03. The van der Waals surface area contributed by atoms with Crippen molar-refractivity contribution >= 4 is 11.6 Å². The van der Waals surface area contributed by atoms with E-state index >= 15 is 0 Å². The maximum Gasteiger partial charge on any atom is 0.0704 e. The number of aliphatic hydroxyl groups is 2. The van der Waals surface area contributed by atoms with Crippen LogP contribution in [0.4, 0.5) is 0 Å². The molecule has 2 nitrogen and oxygen atoms in total. The van der Waals surface area contributed by atoms with Gasteiger partial charge in [-0.05, 0) is 25.2 Å². The van der Waals surface area contributed by atoms with Gasteiger partial charge in [-0.25, -0.2) is 0 Å². The third kappa shape index (κ3) is 1.84. The van der Waals surface area contributed by atoms with Crippen molar-refractivity contribution in [1.29, 1.82) is 0 Å². The first-order valence-electron chi connectivity index (χ1n) is 3.67. The standard InChI is InChI=1S/C7H13ClO2/c8-6-3-5(4-9)1-2-7(6)10/h5-7,9-10H,1-4H2/t5-,6+,7+/m0/s1. The van der Waals surface area contributed by atoms with Crippen molar-refractivity contribution in [3.63, 3.8) is 0 Å². The Balaban J connectivity index is 2.33. The van der Waals surface area contributed by atoms with E-state index < -0.39 is 0 Å². The lowest BCUT2D eigenvalue weighted by Crippen LogP contribution is -2.30. The van der Waals surface area contributed by atoms with E-state index in [-0.39, 0.29) is 18.1 Å². The van der Waals surface area contributed by atoms with Gasteiger partial charge in [0.25, 0.3) is 0 Å². The number of alkyl halides is 1. The summed E-state index contributed by atoms with van der Waals surface area (Å²) >= 11 is 5.78. The molecule has 60 valence electrons. The molecule has 0 aliphatic heterocycles. The smallest absolute Gasteiger partial charge is 0.0704 e. The van der Waals surface area contributed by atoms with Gasteiger partial charge in [0.1, 0.15) is 0 Å². The average Bonchev–Trinajstić information content (AvgIpc) is 1.95. The molecule has 1 rings (SSSR count). The molecule has 0 radical (unpaired) electrons. The molecule has 1 fully saturated rings. The number of hydrogen-bond acceptors (Lipinski definition) is 2. The molecule has 3 heteroatoms. The predicted molar refractivity (Wildman–Crippen MR) is 40.1 cm³/mol. The van der Waals surface area contributed by atoms with Crippen LogP contribution in [0.2, 0.25) is 0 Å². The van der Waals surface area contributed by atoms with Gasteiger partial charge in [-0.2, -0.15) is 0 Å². The highest BCUT2D eigenvalue weighted by atomic mass is 35.5. The molecule has 0 unspecified atom stereocenters. The van der Waals surface area contributed by atoms with E-state index in [1.807, 2.05) is 0 Å². The first-order valence-corrected chi connectivity index (χ1v) is 4.10. The molecule has 0 aromatic rings. The molecular weight excluding hydrogens is 152 g/mol. The minimum absolute atomic E-state index is 0.147. The summed E-state index contributed by atoms with van der Waals surface area (Å²) in [5.41, 5.74) is 0. The highest BCUT2D eigenvalue weighted by molar-refractivity contribution is 6.21. The Bertz CT molecular complexity index is 108. The van der Waals surface area contributed by atoms with E-state index in [0.29, 0.717) is 5.92 Å². The van der Waals surface area contributed by atoms with Gasteiger partial charge in [-0.3, -0.25) is 0 Å². The maximum absolute atomic E-state index is 9.18. The van der Waals surface area contributed by atoms with Crippen molar-refractivity contribution in [2.45, 2.75) is 30.7 Å². The highest BCUT2D eigenvalue weighted by Gasteiger charge is 2.26. The van der Waals surface area contributed by atoms with Crippen molar-refractivity contribution in [2.24, 2.45) is 5.92 Å². The lowest BCUT2D eigenvalue weighted by molar-refractivity contribution is 0.0910. The molecule has 1 saturated carbocycles. The Morgan fingerprint density at radius 3 is 2.60 bits per heavy atom. The second-order valence-corrected chi connectivity index (χ2v) is 3.51. The Kier molecular flexibility index (Phi) is 2.96. The molecule has 0 amide bonds. The van der Waals surface area contributed by atoms with E-state index in [1.165, 1.54) is 0 Å². The lowest BCUT2D eigenvalue weighted by atomic mass is 9.88. The van der Waals surface area contributed by atoms with Crippen LogP contribution >= 0.6 is 11.6 Å². The largest absolute Gasteiger partial charge is 0.396 e. The van der Waals surface area contributed by atoms with Crippen LogP contribution in [0, 0.1) is 5.92 Å². The van der Waals surface area contributed by atoms with E-state index in [1.54, 1.807) is 0 Å². The summed E-state index contributed by atoms with van der Waals surface area (Å²) in [4.78, 5) is 0. The zero-order valence-electron chi connectivity index (χ0n) is 5.83. The second kappa shape index (κ2) is 3.56. The normalized spacial score (nSPS) is 41.7. The molecule has 0 bridgehead atoms. The van der Waals surface area contributed by atoms with E-state index in [9.17, 15) is 5.11 Å². The van der Waals surface area contributed by atoms with Gasteiger partial charge in [0.05, 0.1) is 11.5 Å². The van der Waals surface area contributed by atoms with E-state index in [2.05, 4.69) is 0 Å². The van der Waals surface area contributed by atoms with Gasteiger partial charge in [0.15, 0.2) is 0 Å². The van der Waals surface area contributed by atoms with Crippen molar-refractivity contribution in [3.8, 4) is 0 Å². The van der Waals surface area contributed by atoms with Gasteiger partial charge in [-0.15, -0.1) is 11.6 Å². The molecular formula is C7H13ClO2. The van der Waals surface area contributed by atoms with Gasteiger partial charge in [0, 0.05) is 6.61 Å². The number of aliphatic hydroxyl groups excluding tert-OH is 2. The van der Waals surface area contributed by atoms with Crippen LogP contribution < -0.4 is 0 Å². The predicted octanol–water partition coefficient (Wildman–Crippen LogP) is 0.747. The van der Waals surface area contributed by atoms with Crippen LogP contribution in [0.15, 0.2) is 0 Å². The van der Waals surface area contributed by atoms with Crippen LogP contribution in [0.3, 0.4) is 0 Å². The SMILES string of the molecule is OC[C@H]1CC[C@@H](O)[C@H](Cl)C1. The second-order valence-electron chi connectivity index (χ2n) is 2.94. The molecule has 0 heterocycles. The average molecular weight is 165 g/mol. The zero-order valence-corrected chi connectivity index (χ0v) is 6.59. The quantitative estimate of drug-likeness (QED) is 0.562. The first-order chi connectivity index (χ1) is 4.74. The fourth-order valence-corrected chi connectivity index (χ4v) is 1.72. The summed E-state index contributed by atoms with van der Waals surface area (Å²) in [5.74, 6) is 0.311. The third-order valence-electron chi connectivity index (χ3n) is 2.10. The minimum atomic E-state index is -0.357. The molecule has 1 aliphatic carbocycles. The monoisotopic (exact) mass is 164 g/mol. The Hall–Kier alpha value is 0.210. The van der Waals surface area contributed by atoms with Crippen molar-refractivity contribution < 1.29 is 10.2 Å². The molecule has 0 saturated heterocycles. The van der Waals surface area contributed by atoms with Crippen LogP contribution in [0.1, 0.15) is 19.3 Å². The van der Waals surface area contributed by atoms with E-state index in [0.717, 1.165) is 19.3 Å². The van der Waals surface area contributed by atoms with Crippen LogP contribution in [0.25, 0.3) is 0 Å². The first kappa shape index (κ1) is 8.31. The topological polar surface area (TPSA) is 40.5 Å². The number of rotatable bonds is 1. The van der Waals surface area contributed by atoms with Crippen LogP contribution in [-0.2, 0) is 0 Å². The summed E-state index contributed by atoms with van der Waals surface area (Å²) in [5, 5.41) is 17.8. The molecule has 10 heavy (non-hydrogen) atoms. The molecule has 1 aliphatic rings. The minimum Gasteiger partial charge on any atom is -0.396 e.